The number of hydrogen-bond acceptors (Lipinski definition) is 3. The number of rotatable bonds is 0. The molecule has 0 atom stereocenters. The number of nitrogen functional groups attached to an aromatic ring is 1. The summed E-state index contributed by atoms with van der Waals surface area (Å²) in [7, 11) is 0. The first kappa shape index (κ1) is 7.02. The maximum atomic E-state index is 5.58. The predicted octanol–water partition coefficient (Wildman–Crippen LogP) is -0.653. The summed E-state index contributed by atoms with van der Waals surface area (Å²) in [6.45, 7) is 3.90. The highest BCUT2D eigenvalue weighted by Crippen LogP contribution is 2.00. The lowest BCUT2D eigenvalue weighted by Gasteiger charge is -1.91. The van der Waals surface area contributed by atoms with Crippen LogP contribution in [-0.4, -0.2) is 14.6 Å². The topological polar surface area (TPSA) is 60.1 Å². The molecule has 0 aromatic carbocycles. The fraction of sp³-hybridized carbons (Fsp3) is 0.286. The summed E-state index contributed by atoms with van der Waals surface area (Å²) in [5.74, 6) is 6.24. The molecule has 0 bridgehead atoms. The van der Waals surface area contributed by atoms with Crippen molar-refractivity contribution in [1.82, 2.24) is 14.6 Å². The standard InChI is InChI=1S/C7H10N5/c1-5-3-6(2)12-7(10-5)11(8)4-9-12/h3-4H,8H2,1-2H3/q+1. The Kier molecular flexibility index (Phi) is 1.27. The number of aryl methyl sites for hydroxylation is 2. The monoisotopic (exact) mass is 164 g/mol. The zero-order valence-electron chi connectivity index (χ0n) is 7.02. The molecule has 2 aromatic heterocycles. The first-order valence-corrected chi connectivity index (χ1v) is 3.67. The second-order valence-electron chi connectivity index (χ2n) is 2.79. The highest BCUT2D eigenvalue weighted by atomic mass is 15.5. The Balaban J connectivity index is 2.92. The number of fused-ring (bicyclic) bond motifs is 1. The minimum atomic E-state index is 0.660. The highest BCUT2D eigenvalue weighted by Gasteiger charge is 2.12. The molecular weight excluding hydrogens is 154 g/mol. The minimum absolute atomic E-state index is 0.660. The van der Waals surface area contributed by atoms with Gasteiger partial charge in [-0.3, -0.25) is 5.84 Å². The molecule has 0 spiro atoms. The highest BCUT2D eigenvalue weighted by molar-refractivity contribution is 5.23. The Bertz CT molecular complexity index is 431. The van der Waals surface area contributed by atoms with Gasteiger partial charge in [0.2, 0.25) is 0 Å². The molecule has 2 rings (SSSR count). The van der Waals surface area contributed by atoms with Gasteiger partial charge in [0.1, 0.15) is 11.4 Å². The van der Waals surface area contributed by atoms with Crippen LogP contribution >= 0.6 is 0 Å². The quantitative estimate of drug-likeness (QED) is 0.415. The third-order valence-corrected chi connectivity index (χ3v) is 1.74. The molecule has 12 heavy (non-hydrogen) atoms. The third-order valence-electron chi connectivity index (χ3n) is 1.74. The predicted molar refractivity (Wildman–Crippen MR) is 42.8 cm³/mol. The molecular formula is C7H10N5+. The van der Waals surface area contributed by atoms with E-state index in [1.165, 1.54) is 11.0 Å². The van der Waals surface area contributed by atoms with Crippen LogP contribution in [0.1, 0.15) is 11.4 Å². The second kappa shape index (κ2) is 2.17. The summed E-state index contributed by atoms with van der Waals surface area (Å²) < 4.78 is 3.10. The van der Waals surface area contributed by atoms with Crippen molar-refractivity contribution in [2.75, 3.05) is 5.84 Å². The molecule has 0 saturated carbocycles. The smallest absolute Gasteiger partial charge is 0.299 e. The fourth-order valence-electron chi connectivity index (χ4n) is 1.23. The van der Waals surface area contributed by atoms with Crippen molar-refractivity contribution in [3.05, 3.63) is 23.8 Å². The van der Waals surface area contributed by atoms with Gasteiger partial charge in [-0.15, -0.1) is 9.66 Å². The van der Waals surface area contributed by atoms with Gasteiger partial charge in [0.15, 0.2) is 0 Å². The van der Waals surface area contributed by atoms with Crippen molar-refractivity contribution < 1.29 is 4.68 Å². The molecule has 0 unspecified atom stereocenters. The SMILES string of the molecule is Cc1cc(C)n2nc[n+](N)c2n1. The number of hydrogen-bond donors (Lipinski definition) is 1. The normalized spacial score (nSPS) is 10.8. The molecule has 0 fully saturated rings. The van der Waals surface area contributed by atoms with Crippen molar-refractivity contribution in [3.8, 4) is 0 Å². The van der Waals surface area contributed by atoms with E-state index in [0.29, 0.717) is 5.78 Å². The van der Waals surface area contributed by atoms with Crippen molar-refractivity contribution in [3.63, 3.8) is 0 Å². The Morgan fingerprint density at radius 1 is 1.50 bits per heavy atom. The number of nitrogens with zero attached hydrogens (tertiary/aromatic N) is 4. The van der Waals surface area contributed by atoms with E-state index < -0.39 is 0 Å². The van der Waals surface area contributed by atoms with Crippen LogP contribution in [0.4, 0.5) is 0 Å². The van der Waals surface area contributed by atoms with Crippen molar-refractivity contribution in [2.45, 2.75) is 13.8 Å². The summed E-state index contributed by atoms with van der Waals surface area (Å²) in [5.41, 5.74) is 1.97. The van der Waals surface area contributed by atoms with E-state index in [1.54, 1.807) is 4.52 Å². The van der Waals surface area contributed by atoms with E-state index in [4.69, 9.17) is 5.84 Å². The Morgan fingerprint density at radius 3 is 3.00 bits per heavy atom. The Labute approximate surface area is 69.4 Å². The summed E-state index contributed by atoms with van der Waals surface area (Å²) in [6, 6.07) is 1.96. The van der Waals surface area contributed by atoms with Gasteiger partial charge in [0, 0.05) is 6.07 Å². The van der Waals surface area contributed by atoms with Gasteiger partial charge in [-0.1, -0.05) is 4.52 Å². The van der Waals surface area contributed by atoms with Gasteiger partial charge >= 0.3 is 5.78 Å². The van der Waals surface area contributed by atoms with Crippen LogP contribution in [-0.2, 0) is 0 Å². The van der Waals surface area contributed by atoms with Crippen LogP contribution in [0, 0.1) is 13.8 Å². The van der Waals surface area contributed by atoms with Crippen molar-refractivity contribution in [1.29, 1.82) is 0 Å². The van der Waals surface area contributed by atoms with Crippen molar-refractivity contribution in [2.24, 2.45) is 0 Å². The van der Waals surface area contributed by atoms with Crippen molar-refractivity contribution >= 4 is 5.78 Å². The third kappa shape index (κ3) is 0.827. The van der Waals surface area contributed by atoms with E-state index in [-0.39, 0.29) is 0 Å². The zero-order valence-corrected chi connectivity index (χ0v) is 7.02. The van der Waals surface area contributed by atoms with E-state index in [9.17, 15) is 0 Å². The van der Waals surface area contributed by atoms with Crippen LogP contribution in [0.15, 0.2) is 12.4 Å². The van der Waals surface area contributed by atoms with Gasteiger partial charge in [-0.2, -0.15) is 0 Å². The summed E-state index contributed by atoms with van der Waals surface area (Å²) >= 11 is 0. The zero-order chi connectivity index (χ0) is 8.72. The van der Waals surface area contributed by atoms with E-state index in [1.807, 2.05) is 19.9 Å². The van der Waals surface area contributed by atoms with Gasteiger partial charge in [-0.05, 0) is 18.9 Å². The molecule has 0 amide bonds. The summed E-state index contributed by atoms with van der Waals surface area (Å²) in [4.78, 5) is 4.23. The summed E-state index contributed by atoms with van der Waals surface area (Å²) in [6.07, 6.45) is 1.54. The van der Waals surface area contributed by atoms with Crippen LogP contribution in [0.5, 0.6) is 0 Å². The molecule has 0 saturated heterocycles. The van der Waals surface area contributed by atoms with Crippen LogP contribution in [0.25, 0.3) is 5.78 Å². The van der Waals surface area contributed by atoms with Gasteiger partial charge in [0.05, 0.1) is 0 Å². The average Bonchev–Trinajstić information content (AvgIpc) is 2.33. The lowest BCUT2D eigenvalue weighted by atomic mass is 10.4. The largest absolute Gasteiger partial charge is 0.408 e. The molecule has 2 N–H and O–H groups in total. The lowest BCUT2D eigenvalue weighted by Crippen LogP contribution is -2.43. The number of nitrogens with two attached hydrogens (primary N) is 1. The van der Waals surface area contributed by atoms with Crippen LogP contribution in [0.2, 0.25) is 0 Å². The van der Waals surface area contributed by atoms with Crippen LogP contribution in [0.3, 0.4) is 0 Å². The summed E-state index contributed by atoms with van der Waals surface area (Å²) in [5, 5.41) is 4.05. The second-order valence-corrected chi connectivity index (χ2v) is 2.79. The molecule has 5 heteroatoms. The minimum Gasteiger partial charge on any atom is -0.299 e. The fourth-order valence-corrected chi connectivity index (χ4v) is 1.23. The molecule has 0 aliphatic heterocycles. The van der Waals surface area contributed by atoms with Gasteiger partial charge < -0.3 is 0 Å². The molecule has 5 nitrogen and oxygen atoms in total. The first-order chi connectivity index (χ1) is 5.68. The van der Waals surface area contributed by atoms with Crippen LogP contribution < -0.4 is 10.5 Å². The molecule has 2 aromatic rings. The lowest BCUT2D eigenvalue weighted by molar-refractivity contribution is -0.614. The van der Waals surface area contributed by atoms with E-state index in [0.717, 1.165) is 11.4 Å². The molecule has 62 valence electrons. The number of aromatic nitrogens is 4. The van der Waals surface area contributed by atoms with Gasteiger partial charge in [-0.25, -0.2) is 0 Å². The van der Waals surface area contributed by atoms with Gasteiger partial charge in [0.25, 0.3) is 6.33 Å². The molecule has 0 aliphatic carbocycles. The first-order valence-electron chi connectivity index (χ1n) is 3.67. The van der Waals surface area contributed by atoms with E-state index >= 15 is 0 Å². The average molecular weight is 164 g/mol. The molecule has 0 radical (unpaired) electrons. The molecule has 2 heterocycles. The Hall–Kier alpha value is -1.65. The molecule has 0 aliphatic rings. The maximum absolute atomic E-state index is 5.58. The van der Waals surface area contributed by atoms with E-state index in [2.05, 4.69) is 10.1 Å². The maximum Gasteiger partial charge on any atom is 0.408 e. The Morgan fingerprint density at radius 2 is 2.25 bits per heavy atom.